The molecule has 0 bridgehead atoms. The van der Waals surface area contributed by atoms with Crippen molar-refractivity contribution in [2.24, 2.45) is 17.8 Å². The molecule has 2 unspecified atom stereocenters. The van der Waals surface area contributed by atoms with E-state index < -0.39 is 0 Å². The molecule has 1 amide bonds. The van der Waals surface area contributed by atoms with Crippen LogP contribution in [0.3, 0.4) is 0 Å². The Kier molecular flexibility index (Phi) is 5.43. The summed E-state index contributed by atoms with van der Waals surface area (Å²) in [5.74, 6) is 1.94. The molecule has 3 aliphatic rings. The Balaban J connectivity index is 1.62. The quantitative estimate of drug-likeness (QED) is 0.850. The lowest BCUT2D eigenvalue weighted by atomic mass is 9.84. The molecule has 1 N–H and O–H groups in total. The first-order valence-electron chi connectivity index (χ1n) is 9.59. The lowest BCUT2D eigenvalue weighted by molar-refractivity contribution is -0.134. The van der Waals surface area contributed by atoms with Crippen molar-refractivity contribution in [3.63, 3.8) is 0 Å². The van der Waals surface area contributed by atoms with E-state index >= 15 is 0 Å². The van der Waals surface area contributed by atoms with Crippen LogP contribution in [0.15, 0.2) is 0 Å². The largest absolute Gasteiger partial charge is 0.376 e. The van der Waals surface area contributed by atoms with E-state index in [9.17, 15) is 4.79 Å². The van der Waals surface area contributed by atoms with Crippen molar-refractivity contribution in [3.05, 3.63) is 0 Å². The Bertz CT molecular complexity index is 346. The van der Waals surface area contributed by atoms with Crippen LogP contribution in [-0.2, 0) is 9.53 Å². The molecule has 3 nitrogen and oxygen atoms in total. The molecule has 3 rings (SSSR count). The monoisotopic (exact) mass is 307 g/mol. The first kappa shape index (κ1) is 16.3. The maximum absolute atomic E-state index is 12.8. The van der Waals surface area contributed by atoms with Crippen molar-refractivity contribution in [2.45, 2.75) is 96.3 Å². The second-order valence-corrected chi connectivity index (χ2v) is 8.05. The third kappa shape index (κ3) is 3.84. The van der Waals surface area contributed by atoms with Crippen molar-refractivity contribution < 1.29 is 9.53 Å². The van der Waals surface area contributed by atoms with Crippen LogP contribution in [0.2, 0.25) is 0 Å². The third-order valence-corrected chi connectivity index (χ3v) is 6.19. The first-order valence-corrected chi connectivity index (χ1v) is 9.59. The van der Waals surface area contributed by atoms with Crippen molar-refractivity contribution in [2.75, 3.05) is 0 Å². The zero-order chi connectivity index (χ0) is 15.5. The molecule has 22 heavy (non-hydrogen) atoms. The van der Waals surface area contributed by atoms with E-state index in [4.69, 9.17) is 4.74 Å². The Morgan fingerprint density at radius 2 is 1.36 bits per heavy atom. The van der Waals surface area contributed by atoms with Crippen molar-refractivity contribution in [1.29, 1.82) is 0 Å². The van der Waals surface area contributed by atoms with E-state index in [0.717, 1.165) is 24.7 Å². The van der Waals surface area contributed by atoms with Gasteiger partial charge in [0.2, 0.25) is 5.91 Å². The number of carbonyl (C=O) groups excluding carboxylic acids is 1. The van der Waals surface area contributed by atoms with Gasteiger partial charge in [0.1, 0.15) is 0 Å². The Hall–Kier alpha value is -0.570. The predicted octanol–water partition coefficient (Wildman–Crippen LogP) is 4.06. The predicted molar refractivity (Wildman–Crippen MR) is 88.6 cm³/mol. The van der Waals surface area contributed by atoms with Crippen LogP contribution in [0, 0.1) is 17.8 Å². The molecule has 2 saturated carbocycles. The van der Waals surface area contributed by atoms with Gasteiger partial charge in [0, 0.05) is 12.0 Å². The molecular formula is C19H33NO2. The Morgan fingerprint density at radius 1 is 0.909 bits per heavy atom. The summed E-state index contributed by atoms with van der Waals surface area (Å²) in [5, 5.41) is 3.52. The normalized spacial score (nSPS) is 34.4. The zero-order valence-corrected chi connectivity index (χ0v) is 14.4. The fourth-order valence-corrected chi connectivity index (χ4v) is 5.16. The van der Waals surface area contributed by atoms with E-state index in [-0.39, 0.29) is 18.1 Å². The van der Waals surface area contributed by atoms with Gasteiger partial charge in [-0.15, -0.1) is 0 Å². The highest BCUT2D eigenvalue weighted by molar-refractivity contribution is 5.79. The van der Waals surface area contributed by atoms with E-state index in [0.29, 0.717) is 11.9 Å². The van der Waals surface area contributed by atoms with E-state index in [1.54, 1.807) is 0 Å². The van der Waals surface area contributed by atoms with Crippen LogP contribution in [0.4, 0.5) is 0 Å². The molecule has 1 saturated heterocycles. The highest BCUT2D eigenvalue weighted by Crippen LogP contribution is 2.38. The third-order valence-electron chi connectivity index (χ3n) is 6.19. The lowest BCUT2D eigenvalue weighted by Crippen LogP contribution is -2.48. The fraction of sp³-hybridized carbons (Fsp3) is 0.947. The van der Waals surface area contributed by atoms with Crippen LogP contribution in [-0.4, -0.2) is 24.2 Å². The molecule has 2 atom stereocenters. The van der Waals surface area contributed by atoms with Gasteiger partial charge in [-0.3, -0.25) is 4.79 Å². The lowest BCUT2D eigenvalue weighted by Gasteiger charge is -2.35. The number of rotatable bonds is 4. The summed E-state index contributed by atoms with van der Waals surface area (Å²) in [7, 11) is 0. The minimum atomic E-state index is 0.157. The minimum Gasteiger partial charge on any atom is -0.376 e. The highest BCUT2D eigenvalue weighted by atomic mass is 16.5. The topological polar surface area (TPSA) is 38.3 Å². The Labute approximate surface area is 135 Å². The highest BCUT2D eigenvalue weighted by Gasteiger charge is 2.37. The smallest absolute Gasteiger partial charge is 0.223 e. The van der Waals surface area contributed by atoms with Crippen LogP contribution in [0.25, 0.3) is 0 Å². The second-order valence-electron chi connectivity index (χ2n) is 8.05. The van der Waals surface area contributed by atoms with Gasteiger partial charge >= 0.3 is 0 Å². The molecule has 0 aromatic rings. The minimum absolute atomic E-state index is 0.157. The molecule has 1 heterocycles. The van der Waals surface area contributed by atoms with E-state index in [1.807, 2.05) is 0 Å². The van der Waals surface area contributed by atoms with Gasteiger partial charge in [-0.25, -0.2) is 0 Å². The molecule has 0 aromatic carbocycles. The van der Waals surface area contributed by atoms with Crippen LogP contribution < -0.4 is 5.32 Å². The number of carbonyl (C=O) groups is 1. The van der Waals surface area contributed by atoms with Gasteiger partial charge in [-0.2, -0.15) is 0 Å². The van der Waals surface area contributed by atoms with Crippen molar-refractivity contribution in [1.82, 2.24) is 5.32 Å². The molecule has 0 aromatic heterocycles. The molecule has 0 spiro atoms. The van der Waals surface area contributed by atoms with Crippen molar-refractivity contribution >= 4 is 5.91 Å². The van der Waals surface area contributed by atoms with Crippen molar-refractivity contribution in [3.8, 4) is 0 Å². The average Bonchev–Trinajstić information content (AvgIpc) is 3.17. The van der Waals surface area contributed by atoms with Gasteiger partial charge in [-0.1, -0.05) is 25.7 Å². The summed E-state index contributed by atoms with van der Waals surface area (Å²) < 4.78 is 5.79. The SMILES string of the molecule is CC1CC(C(=O)NC(C2CCCC2)C2CCCC2)CC(C)O1. The molecule has 1 aliphatic heterocycles. The summed E-state index contributed by atoms with van der Waals surface area (Å²) >= 11 is 0. The van der Waals surface area contributed by atoms with Crippen LogP contribution in [0.1, 0.15) is 78.1 Å². The maximum Gasteiger partial charge on any atom is 0.223 e. The molecule has 3 heteroatoms. The van der Waals surface area contributed by atoms with Gasteiger partial charge in [0.25, 0.3) is 0 Å². The summed E-state index contributed by atoms with van der Waals surface area (Å²) in [6.07, 6.45) is 12.9. The van der Waals surface area contributed by atoms with E-state index in [1.165, 1.54) is 51.4 Å². The number of ether oxygens (including phenoxy) is 1. The fourth-order valence-electron chi connectivity index (χ4n) is 5.16. The van der Waals surface area contributed by atoms with Gasteiger partial charge in [-0.05, 0) is 64.2 Å². The number of nitrogens with one attached hydrogen (secondary N) is 1. The molecule has 0 radical (unpaired) electrons. The summed E-state index contributed by atoms with van der Waals surface area (Å²) in [6.45, 7) is 4.20. The van der Waals surface area contributed by atoms with Gasteiger partial charge in [0.05, 0.1) is 12.2 Å². The molecule has 126 valence electrons. The first-order chi connectivity index (χ1) is 10.6. The van der Waals surface area contributed by atoms with Gasteiger partial charge in [0.15, 0.2) is 0 Å². The summed E-state index contributed by atoms with van der Waals surface area (Å²) in [4.78, 5) is 12.8. The van der Waals surface area contributed by atoms with Gasteiger partial charge < -0.3 is 10.1 Å². The van der Waals surface area contributed by atoms with E-state index in [2.05, 4.69) is 19.2 Å². The van der Waals surface area contributed by atoms with Crippen LogP contribution >= 0.6 is 0 Å². The average molecular weight is 307 g/mol. The Morgan fingerprint density at radius 3 is 1.82 bits per heavy atom. The van der Waals surface area contributed by atoms with Crippen LogP contribution in [0.5, 0.6) is 0 Å². The molecule has 2 aliphatic carbocycles. The molecule has 3 fully saturated rings. The standard InChI is InChI=1S/C19H33NO2/c1-13-11-17(12-14(2)22-13)19(21)20-18(15-7-3-4-8-15)16-9-5-6-10-16/h13-18H,3-12H2,1-2H3,(H,20,21). The summed E-state index contributed by atoms with van der Waals surface area (Å²) in [6, 6.07) is 0.450. The number of hydrogen-bond donors (Lipinski definition) is 1. The molecular weight excluding hydrogens is 274 g/mol. The maximum atomic E-state index is 12.8. The summed E-state index contributed by atoms with van der Waals surface area (Å²) in [5.41, 5.74) is 0. The zero-order valence-electron chi connectivity index (χ0n) is 14.4. The second kappa shape index (κ2) is 7.33. The number of hydrogen-bond acceptors (Lipinski definition) is 2. The number of amides is 1.